The number of benzene rings is 2. The molecular weight excluding hydrogens is 386 g/mol. The van der Waals surface area contributed by atoms with E-state index in [-0.39, 0.29) is 0 Å². The SMILES string of the molecule is CCc1cc(Br)c(OCc2c(C)cccc2NC(=S)OC)cc1C. The van der Waals surface area contributed by atoms with Gasteiger partial charge in [0.05, 0.1) is 11.6 Å². The normalized spacial score (nSPS) is 10.4. The van der Waals surface area contributed by atoms with Crippen molar-refractivity contribution in [2.24, 2.45) is 0 Å². The first-order valence-corrected chi connectivity index (χ1v) is 9.01. The largest absolute Gasteiger partial charge is 0.488 e. The Balaban J connectivity index is 2.23. The van der Waals surface area contributed by atoms with Crippen LogP contribution in [0.5, 0.6) is 5.75 Å². The summed E-state index contributed by atoms with van der Waals surface area (Å²) in [5.74, 6) is 0.841. The lowest BCUT2D eigenvalue weighted by Crippen LogP contribution is -2.13. The van der Waals surface area contributed by atoms with Gasteiger partial charge in [-0.1, -0.05) is 19.1 Å². The summed E-state index contributed by atoms with van der Waals surface area (Å²) in [7, 11) is 1.55. The number of rotatable bonds is 5. The fraction of sp³-hybridized carbons (Fsp3) is 0.316. The molecule has 0 aliphatic heterocycles. The van der Waals surface area contributed by atoms with Crippen LogP contribution in [0, 0.1) is 13.8 Å². The molecule has 24 heavy (non-hydrogen) atoms. The van der Waals surface area contributed by atoms with Crippen molar-refractivity contribution in [1.82, 2.24) is 0 Å². The topological polar surface area (TPSA) is 30.5 Å². The molecule has 128 valence electrons. The molecule has 0 atom stereocenters. The highest BCUT2D eigenvalue weighted by molar-refractivity contribution is 9.10. The molecule has 0 saturated carbocycles. The average Bonchev–Trinajstić information content (AvgIpc) is 2.56. The summed E-state index contributed by atoms with van der Waals surface area (Å²) in [4.78, 5) is 0. The standard InChI is InChI=1S/C19H22BrNO2S/c1-5-14-10-16(20)18(9-13(14)3)23-11-15-12(2)7-6-8-17(15)21-19(24)22-4/h6-10H,5,11H2,1-4H3,(H,21,24). The number of hydrogen-bond acceptors (Lipinski definition) is 3. The molecule has 0 spiro atoms. The van der Waals surface area contributed by atoms with Gasteiger partial charge in [0.1, 0.15) is 12.4 Å². The zero-order valence-corrected chi connectivity index (χ0v) is 16.8. The van der Waals surface area contributed by atoms with Crippen LogP contribution in [0.3, 0.4) is 0 Å². The Kier molecular flexibility index (Phi) is 6.63. The molecule has 0 unspecified atom stereocenters. The maximum Gasteiger partial charge on any atom is 0.260 e. The number of halogens is 1. The molecular formula is C19H22BrNO2S. The zero-order chi connectivity index (χ0) is 17.7. The van der Waals surface area contributed by atoms with Crippen LogP contribution in [-0.2, 0) is 17.8 Å². The van der Waals surface area contributed by atoms with Crippen molar-refractivity contribution in [2.45, 2.75) is 33.8 Å². The zero-order valence-electron chi connectivity index (χ0n) is 14.4. The van der Waals surface area contributed by atoms with Crippen molar-refractivity contribution < 1.29 is 9.47 Å². The molecule has 3 nitrogen and oxygen atoms in total. The first kappa shape index (κ1) is 18.7. The lowest BCUT2D eigenvalue weighted by Gasteiger charge is -2.16. The third-order valence-electron chi connectivity index (χ3n) is 3.98. The number of aryl methyl sites for hydroxylation is 3. The van der Waals surface area contributed by atoms with Gasteiger partial charge in [-0.2, -0.15) is 0 Å². The first-order valence-electron chi connectivity index (χ1n) is 7.81. The van der Waals surface area contributed by atoms with Gasteiger partial charge >= 0.3 is 0 Å². The Morgan fingerprint density at radius 3 is 2.62 bits per heavy atom. The summed E-state index contributed by atoms with van der Waals surface area (Å²) in [5, 5.41) is 3.44. The van der Waals surface area contributed by atoms with Crippen LogP contribution < -0.4 is 10.1 Å². The minimum Gasteiger partial charge on any atom is -0.488 e. The Labute approximate surface area is 157 Å². The number of anilines is 1. The summed E-state index contributed by atoms with van der Waals surface area (Å²) in [5.41, 5.74) is 5.65. The van der Waals surface area contributed by atoms with E-state index in [0.29, 0.717) is 11.8 Å². The summed E-state index contributed by atoms with van der Waals surface area (Å²) in [6, 6.07) is 10.2. The van der Waals surface area contributed by atoms with Gasteiger partial charge in [-0.25, -0.2) is 0 Å². The molecule has 5 heteroatoms. The third-order valence-corrected chi connectivity index (χ3v) is 4.86. The van der Waals surface area contributed by atoms with Crippen LogP contribution in [0.2, 0.25) is 0 Å². The highest BCUT2D eigenvalue weighted by Crippen LogP contribution is 2.31. The molecule has 2 rings (SSSR count). The van der Waals surface area contributed by atoms with Gasteiger partial charge in [-0.15, -0.1) is 0 Å². The van der Waals surface area contributed by atoms with E-state index in [0.717, 1.165) is 33.5 Å². The van der Waals surface area contributed by atoms with Gasteiger partial charge in [0.2, 0.25) is 0 Å². The van der Waals surface area contributed by atoms with E-state index < -0.39 is 0 Å². The highest BCUT2D eigenvalue weighted by atomic mass is 79.9. The van der Waals surface area contributed by atoms with E-state index in [1.54, 1.807) is 7.11 Å². The molecule has 0 heterocycles. The monoisotopic (exact) mass is 407 g/mol. The molecule has 0 fully saturated rings. The molecule has 0 amide bonds. The highest BCUT2D eigenvalue weighted by Gasteiger charge is 2.11. The van der Waals surface area contributed by atoms with Gasteiger partial charge in [0.25, 0.3) is 5.17 Å². The second-order valence-electron chi connectivity index (χ2n) is 5.57. The van der Waals surface area contributed by atoms with Crippen LogP contribution in [0.1, 0.15) is 29.2 Å². The summed E-state index contributed by atoms with van der Waals surface area (Å²) >= 11 is 8.70. The van der Waals surface area contributed by atoms with E-state index in [1.807, 2.05) is 12.1 Å². The molecule has 2 aromatic carbocycles. The molecule has 0 saturated heterocycles. The number of nitrogens with one attached hydrogen (secondary N) is 1. The number of methoxy groups -OCH3 is 1. The van der Waals surface area contributed by atoms with Gasteiger partial charge < -0.3 is 14.8 Å². The molecule has 0 aliphatic carbocycles. The minimum absolute atomic E-state index is 0.339. The van der Waals surface area contributed by atoms with Crippen LogP contribution in [0.4, 0.5) is 5.69 Å². The summed E-state index contributed by atoms with van der Waals surface area (Å²) in [6.45, 7) is 6.76. The van der Waals surface area contributed by atoms with Crippen LogP contribution in [0.15, 0.2) is 34.8 Å². The van der Waals surface area contributed by atoms with E-state index in [1.165, 1.54) is 11.1 Å². The number of ether oxygens (including phenoxy) is 2. The third kappa shape index (κ3) is 4.48. The maximum absolute atomic E-state index is 6.07. The van der Waals surface area contributed by atoms with E-state index in [2.05, 4.69) is 60.2 Å². The minimum atomic E-state index is 0.339. The Hall–Kier alpha value is -1.59. The maximum atomic E-state index is 6.07. The molecule has 0 aliphatic rings. The van der Waals surface area contributed by atoms with E-state index >= 15 is 0 Å². The van der Waals surface area contributed by atoms with Crippen molar-refractivity contribution >= 4 is 39.0 Å². The van der Waals surface area contributed by atoms with Crippen molar-refractivity contribution in [3.05, 3.63) is 57.1 Å². The van der Waals surface area contributed by atoms with Crippen molar-refractivity contribution in [2.75, 3.05) is 12.4 Å². The van der Waals surface area contributed by atoms with Gasteiger partial charge in [-0.05, 0) is 83.3 Å². The van der Waals surface area contributed by atoms with Gasteiger partial charge in [0.15, 0.2) is 0 Å². The van der Waals surface area contributed by atoms with Crippen molar-refractivity contribution in [3.63, 3.8) is 0 Å². The van der Waals surface area contributed by atoms with Gasteiger partial charge in [0, 0.05) is 11.3 Å². The van der Waals surface area contributed by atoms with Gasteiger partial charge in [-0.3, -0.25) is 0 Å². The van der Waals surface area contributed by atoms with E-state index in [4.69, 9.17) is 21.7 Å². The second-order valence-corrected chi connectivity index (χ2v) is 6.79. The molecule has 2 aromatic rings. The molecule has 0 radical (unpaired) electrons. The smallest absolute Gasteiger partial charge is 0.260 e. The summed E-state index contributed by atoms with van der Waals surface area (Å²) in [6.07, 6.45) is 1.00. The fourth-order valence-electron chi connectivity index (χ4n) is 2.51. The Morgan fingerprint density at radius 1 is 1.21 bits per heavy atom. The van der Waals surface area contributed by atoms with Crippen molar-refractivity contribution in [3.8, 4) is 5.75 Å². The first-order chi connectivity index (χ1) is 11.5. The molecule has 0 bridgehead atoms. The van der Waals surface area contributed by atoms with Crippen LogP contribution in [-0.4, -0.2) is 12.3 Å². The fourth-order valence-corrected chi connectivity index (χ4v) is 3.12. The van der Waals surface area contributed by atoms with Crippen molar-refractivity contribution in [1.29, 1.82) is 0 Å². The second kappa shape index (κ2) is 8.49. The lowest BCUT2D eigenvalue weighted by atomic mass is 10.1. The van der Waals surface area contributed by atoms with Crippen LogP contribution >= 0.6 is 28.1 Å². The molecule has 0 aromatic heterocycles. The lowest BCUT2D eigenvalue weighted by molar-refractivity contribution is 0.304. The number of hydrogen-bond donors (Lipinski definition) is 1. The quantitative estimate of drug-likeness (QED) is 0.657. The summed E-state index contributed by atoms with van der Waals surface area (Å²) < 4.78 is 12.1. The van der Waals surface area contributed by atoms with E-state index in [9.17, 15) is 0 Å². The number of thiocarbonyl (C=S) groups is 1. The predicted molar refractivity (Wildman–Crippen MR) is 107 cm³/mol. The predicted octanol–water partition coefficient (Wildman–Crippen LogP) is 5.55. The Bertz CT molecular complexity index is 746. The molecule has 1 N–H and O–H groups in total. The van der Waals surface area contributed by atoms with Crippen LogP contribution in [0.25, 0.3) is 0 Å². The average molecular weight is 408 g/mol. The Morgan fingerprint density at radius 2 is 1.96 bits per heavy atom.